The van der Waals surface area contributed by atoms with Crippen LogP contribution in [0.2, 0.25) is 0 Å². The minimum atomic E-state index is -1.25. The molecule has 0 bridgehead atoms. The third-order valence-electron chi connectivity index (χ3n) is 7.42. The minimum absolute atomic E-state index is 0.0192. The van der Waals surface area contributed by atoms with Crippen LogP contribution in [0.3, 0.4) is 0 Å². The molecule has 0 aliphatic carbocycles. The molecule has 210 valence electrons. The lowest BCUT2D eigenvalue weighted by Crippen LogP contribution is -2.36. The fourth-order valence-corrected chi connectivity index (χ4v) is 4.46. The van der Waals surface area contributed by atoms with E-state index in [2.05, 4.69) is 36.4 Å². The van der Waals surface area contributed by atoms with E-state index in [1.165, 1.54) is 31.4 Å². The van der Waals surface area contributed by atoms with E-state index in [9.17, 15) is 19.5 Å². The molecule has 1 aromatic heterocycles. The van der Waals surface area contributed by atoms with Gasteiger partial charge in [-0.2, -0.15) is 0 Å². The van der Waals surface area contributed by atoms with E-state index in [1.54, 1.807) is 30.3 Å². The molecule has 3 rings (SSSR count). The molecule has 0 aliphatic rings. The lowest BCUT2D eigenvalue weighted by molar-refractivity contribution is 0.0697. The number of hydrogen-bond acceptors (Lipinski definition) is 6. The summed E-state index contributed by atoms with van der Waals surface area (Å²) in [4.78, 5) is 42.9. The Balaban J connectivity index is 1.98. The van der Waals surface area contributed by atoms with Crippen LogP contribution in [0.15, 0.2) is 54.6 Å². The number of ether oxygens (including phenoxy) is 1. The van der Waals surface area contributed by atoms with Crippen molar-refractivity contribution >= 4 is 29.3 Å². The number of amidine groups is 1. The predicted octanol–water partition coefficient (Wildman–Crippen LogP) is 4.94. The largest absolute Gasteiger partial charge is 0.481 e. The van der Waals surface area contributed by atoms with Crippen molar-refractivity contribution in [3.63, 3.8) is 0 Å². The Kier molecular flexibility index (Phi) is 9.60. The maximum Gasteiger partial charge on any atom is 0.336 e. The van der Waals surface area contributed by atoms with E-state index in [0.29, 0.717) is 17.8 Å². The van der Waals surface area contributed by atoms with Crippen molar-refractivity contribution in [1.82, 2.24) is 10.3 Å². The number of nitrogens with zero attached hydrogens (tertiary/aromatic N) is 1. The van der Waals surface area contributed by atoms with Crippen LogP contribution < -0.4 is 21.1 Å². The van der Waals surface area contributed by atoms with Gasteiger partial charge in [0.2, 0.25) is 5.88 Å². The average Bonchev–Trinajstić information content (AvgIpc) is 2.97. The molecule has 2 aromatic carbocycles. The van der Waals surface area contributed by atoms with E-state index in [4.69, 9.17) is 15.9 Å². The second kappa shape index (κ2) is 12.9. The third-order valence-corrected chi connectivity index (χ3v) is 7.42. The number of hydrogen-bond donors (Lipinski definition) is 5. The highest BCUT2D eigenvalue weighted by Gasteiger charge is 2.26. The van der Waals surface area contributed by atoms with Crippen molar-refractivity contribution in [2.24, 2.45) is 11.1 Å². The Hall–Kier alpha value is -4.73. The number of methoxy groups -OCH3 is 1. The molecule has 0 unspecified atom stereocenters. The van der Waals surface area contributed by atoms with Gasteiger partial charge in [0.25, 0.3) is 11.8 Å². The summed E-state index contributed by atoms with van der Waals surface area (Å²) in [6, 6.07) is 13.8. The molecule has 40 heavy (non-hydrogen) atoms. The summed E-state index contributed by atoms with van der Waals surface area (Å²) in [6.45, 7) is 6.76. The standard InChI is InChI=1S/C30H35N5O5/c1-5-30(6-2,7-3)17-33-27(36)19-10-13-21(23(16-19)29(38)39)22-14-15-24(40-4)35-25(22)28(37)34-20-11-8-18(9-12-20)26(31)32/h8-16H,5-7,17H2,1-4H3,(H3,31,32)(H,33,36)(H,34,37)(H,38,39). The summed E-state index contributed by atoms with van der Waals surface area (Å²) in [6.07, 6.45) is 2.74. The minimum Gasteiger partial charge on any atom is -0.481 e. The third kappa shape index (κ3) is 6.63. The predicted molar refractivity (Wildman–Crippen MR) is 154 cm³/mol. The molecule has 3 aromatic rings. The van der Waals surface area contributed by atoms with Gasteiger partial charge in [0, 0.05) is 35.0 Å². The maximum atomic E-state index is 13.3. The molecule has 0 spiro atoms. The number of nitrogens with two attached hydrogens (primary N) is 1. The first kappa shape index (κ1) is 29.8. The summed E-state index contributed by atoms with van der Waals surface area (Å²) in [5.41, 5.74) is 6.88. The van der Waals surface area contributed by atoms with E-state index in [1.807, 2.05) is 0 Å². The number of rotatable bonds is 12. The zero-order valence-corrected chi connectivity index (χ0v) is 23.1. The number of benzene rings is 2. The van der Waals surface area contributed by atoms with Crippen molar-refractivity contribution in [2.75, 3.05) is 19.0 Å². The molecule has 10 nitrogen and oxygen atoms in total. The van der Waals surface area contributed by atoms with E-state index in [-0.39, 0.29) is 51.0 Å². The van der Waals surface area contributed by atoms with Gasteiger partial charge in [-0.3, -0.25) is 15.0 Å². The topological polar surface area (TPSA) is 167 Å². The molecule has 6 N–H and O–H groups in total. The number of amides is 2. The molecular weight excluding hydrogens is 510 g/mol. The SMILES string of the molecule is CCC(CC)(CC)CNC(=O)c1ccc(-c2ccc(OC)nc2C(=O)Nc2ccc(C(=N)N)cc2)c(C(=O)O)c1. The molecule has 10 heteroatoms. The van der Waals surface area contributed by atoms with Crippen LogP contribution in [0.1, 0.15) is 76.8 Å². The molecule has 0 radical (unpaired) electrons. The number of carbonyl (C=O) groups excluding carboxylic acids is 2. The van der Waals surface area contributed by atoms with Crippen molar-refractivity contribution in [2.45, 2.75) is 40.0 Å². The van der Waals surface area contributed by atoms with Gasteiger partial charge in [-0.1, -0.05) is 26.8 Å². The van der Waals surface area contributed by atoms with Gasteiger partial charge in [-0.25, -0.2) is 9.78 Å². The Morgan fingerprint density at radius 3 is 2.08 bits per heavy atom. The van der Waals surface area contributed by atoms with Crippen molar-refractivity contribution in [3.8, 4) is 17.0 Å². The first-order valence-corrected chi connectivity index (χ1v) is 13.0. The van der Waals surface area contributed by atoms with Gasteiger partial charge in [0.05, 0.1) is 12.7 Å². The van der Waals surface area contributed by atoms with E-state index >= 15 is 0 Å². The first-order chi connectivity index (χ1) is 19.1. The van der Waals surface area contributed by atoms with Crippen LogP contribution in [0.25, 0.3) is 11.1 Å². The van der Waals surface area contributed by atoms with Crippen LogP contribution >= 0.6 is 0 Å². The lowest BCUT2D eigenvalue weighted by atomic mass is 9.80. The van der Waals surface area contributed by atoms with Crippen LogP contribution in [0.5, 0.6) is 5.88 Å². The Morgan fingerprint density at radius 2 is 1.52 bits per heavy atom. The molecule has 0 fully saturated rings. The quantitative estimate of drug-likeness (QED) is 0.159. The number of aromatic carboxylic acids is 1. The molecule has 2 amide bonds. The van der Waals surface area contributed by atoms with Gasteiger partial charge < -0.3 is 26.2 Å². The molecule has 0 atom stereocenters. The smallest absolute Gasteiger partial charge is 0.336 e. The summed E-state index contributed by atoms with van der Waals surface area (Å²) in [5, 5.41) is 23.2. The highest BCUT2D eigenvalue weighted by Crippen LogP contribution is 2.31. The fourth-order valence-electron chi connectivity index (χ4n) is 4.46. The Labute approximate surface area is 233 Å². The fraction of sp³-hybridized carbons (Fsp3) is 0.300. The van der Waals surface area contributed by atoms with Gasteiger partial charge in [-0.05, 0) is 72.7 Å². The molecule has 0 saturated carbocycles. The second-order valence-electron chi connectivity index (χ2n) is 9.50. The van der Waals surface area contributed by atoms with Crippen LogP contribution in [-0.2, 0) is 0 Å². The zero-order valence-electron chi connectivity index (χ0n) is 23.1. The Bertz CT molecular complexity index is 1410. The monoisotopic (exact) mass is 545 g/mol. The van der Waals surface area contributed by atoms with E-state index < -0.39 is 11.9 Å². The highest BCUT2D eigenvalue weighted by molar-refractivity contribution is 6.10. The second-order valence-corrected chi connectivity index (χ2v) is 9.50. The highest BCUT2D eigenvalue weighted by atomic mass is 16.5. The summed E-state index contributed by atoms with van der Waals surface area (Å²) in [7, 11) is 1.41. The normalized spacial score (nSPS) is 11.0. The summed E-state index contributed by atoms with van der Waals surface area (Å²) < 4.78 is 5.20. The molecule has 1 heterocycles. The van der Waals surface area contributed by atoms with E-state index in [0.717, 1.165) is 19.3 Å². The molecule has 0 aliphatic heterocycles. The van der Waals surface area contributed by atoms with Gasteiger partial charge in [-0.15, -0.1) is 0 Å². The number of carboxylic acid groups (broad SMARTS) is 1. The van der Waals surface area contributed by atoms with Gasteiger partial charge >= 0.3 is 5.97 Å². The Morgan fingerprint density at radius 1 is 0.925 bits per heavy atom. The van der Waals surface area contributed by atoms with Crippen LogP contribution in [-0.4, -0.2) is 47.4 Å². The lowest BCUT2D eigenvalue weighted by Gasteiger charge is -2.30. The number of nitrogens with one attached hydrogen (secondary N) is 3. The van der Waals surface area contributed by atoms with Crippen LogP contribution in [0.4, 0.5) is 5.69 Å². The first-order valence-electron chi connectivity index (χ1n) is 13.0. The van der Waals surface area contributed by atoms with Gasteiger partial charge in [0.1, 0.15) is 11.5 Å². The number of anilines is 1. The zero-order chi connectivity index (χ0) is 29.4. The number of nitrogen functional groups attached to an aromatic ring is 1. The maximum absolute atomic E-state index is 13.3. The summed E-state index contributed by atoms with van der Waals surface area (Å²) >= 11 is 0. The molecule has 0 saturated heterocycles. The van der Waals surface area contributed by atoms with Crippen LogP contribution in [0, 0.1) is 10.8 Å². The number of pyridine rings is 1. The van der Waals surface area contributed by atoms with Gasteiger partial charge in [0.15, 0.2) is 0 Å². The summed E-state index contributed by atoms with van der Waals surface area (Å²) in [5.74, 6) is -2.16. The van der Waals surface area contributed by atoms with Crippen molar-refractivity contribution in [1.29, 1.82) is 5.41 Å². The number of carbonyl (C=O) groups is 3. The number of aromatic nitrogens is 1. The average molecular weight is 546 g/mol. The molecular formula is C30H35N5O5. The van der Waals surface area contributed by atoms with Crippen molar-refractivity contribution < 1.29 is 24.2 Å². The van der Waals surface area contributed by atoms with Crippen molar-refractivity contribution in [3.05, 3.63) is 77.0 Å². The number of carboxylic acids is 1.